The lowest BCUT2D eigenvalue weighted by Crippen LogP contribution is -2.17. The summed E-state index contributed by atoms with van der Waals surface area (Å²) in [5, 5.41) is 0. The van der Waals surface area contributed by atoms with Gasteiger partial charge in [-0.15, -0.1) is 0 Å². The lowest BCUT2D eigenvalue weighted by molar-refractivity contribution is -0.149. The van der Waals surface area contributed by atoms with Crippen molar-refractivity contribution in [3.63, 3.8) is 0 Å². The number of esters is 1. The molecule has 0 aliphatic heterocycles. The van der Waals surface area contributed by atoms with Crippen molar-refractivity contribution in [3.05, 3.63) is 0 Å². The molecule has 14 heavy (non-hydrogen) atoms. The van der Waals surface area contributed by atoms with E-state index in [9.17, 15) is 4.79 Å². The molecule has 1 atom stereocenters. The molecule has 0 heterocycles. The number of carbonyl (C=O) groups is 1. The Bertz CT molecular complexity index is 143. The summed E-state index contributed by atoms with van der Waals surface area (Å²) >= 11 is 0. The van der Waals surface area contributed by atoms with Gasteiger partial charge in [-0.25, -0.2) is 0 Å². The Balaban J connectivity index is 3.67. The average Bonchev–Trinajstić information content (AvgIpc) is 2.19. The van der Waals surface area contributed by atoms with E-state index in [1.54, 1.807) is 0 Å². The predicted octanol–water partition coefficient (Wildman–Crippen LogP) is 3.55. The van der Waals surface area contributed by atoms with Crippen LogP contribution in [0.5, 0.6) is 0 Å². The van der Waals surface area contributed by atoms with Crippen LogP contribution < -0.4 is 0 Å². The van der Waals surface area contributed by atoms with E-state index in [-0.39, 0.29) is 11.9 Å². The summed E-state index contributed by atoms with van der Waals surface area (Å²) in [5.74, 6) is 0.140. The fourth-order valence-corrected chi connectivity index (χ4v) is 1.37. The Hall–Kier alpha value is -0.530. The number of carbonyl (C=O) groups excluding carboxylic acids is 1. The SMILES string of the molecule is CCCCOC(=O)[C@@H](CC)CCCC. The number of hydrogen-bond acceptors (Lipinski definition) is 2. The zero-order valence-electron chi connectivity index (χ0n) is 9.84. The summed E-state index contributed by atoms with van der Waals surface area (Å²) < 4.78 is 5.19. The van der Waals surface area contributed by atoms with Crippen molar-refractivity contribution in [2.75, 3.05) is 6.61 Å². The molecule has 0 saturated heterocycles. The summed E-state index contributed by atoms with van der Waals surface area (Å²) in [6.45, 7) is 6.90. The van der Waals surface area contributed by atoms with Gasteiger partial charge in [0, 0.05) is 0 Å². The normalized spacial score (nSPS) is 12.5. The molecular formula is C12H24O2. The first kappa shape index (κ1) is 13.5. The molecule has 0 amide bonds. The second kappa shape index (κ2) is 9.04. The van der Waals surface area contributed by atoms with Crippen LogP contribution in [0.4, 0.5) is 0 Å². The zero-order chi connectivity index (χ0) is 10.8. The van der Waals surface area contributed by atoms with Crippen LogP contribution in [0.1, 0.15) is 59.3 Å². The Morgan fingerprint density at radius 2 is 1.79 bits per heavy atom. The van der Waals surface area contributed by atoms with Crippen LogP contribution in [-0.4, -0.2) is 12.6 Å². The van der Waals surface area contributed by atoms with Crippen molar-refractivity contribution in [1.82, 2.24) is 0 Å². The lowest BCUT2D eigenvalue weighted by Gasteiger charge is -2.13. The Labute approximate surface area is 88.0 Å². The summed E-state index contributed by atoms with van der Waals surface area (Å²) in [5.41, 5.74) is 0. The van der Waals surface area contributed by atoms with Gasteiger partial charge in [-0.1, -0.05) is 40.0 Å². The van der Waals surface area contributed by atoms with Crippen molar-refractivity contribution in [2.24, 2.45) is 5.92 Å². The van der Waals surface area contributed by atoms with E-state index >= 15 is 0 Å². The summed E-state index contributed by atoms with van der Waals surface area (Å²) in [6.07, 6.45) is 6.23. The Morgan fingerprint density at radius 3 is 2.29 bits per heavy atom. The van der Waals surface area contributed by atoms with Crippen LogP contribution >= 0.6 is 0 Å². The van der Waals surface area contributed by atoms with Gasteiger partial charge in [-0.3, -0.25) is 4.79 Å². The smallest absolute Gasteiger partial charge is 0.308 e. The van der Waals surface area contributed by atoms with Crippen molar-refractivity contribution in [1.29, 1.82) is 0 Å². The molecule has 0 N–H and O–H groups in total. The second-order valence-corrected chi connectivity index (χ2v) is 3.77. The first-order valence-electron chi connectivity index (χ1n) is 5.92. The Morgan fingerprint density at radius 1 is 1.14 bits per heavy atom. The summed E-state index contributed by atoms with van der Waals surface area (Å²) in [6, 6.07) is 0. The number of ether oxygens (including phenoxy) is 1. The highest BCUT2D eigenvalue weighted by molar-refractivity contribution is 5.72. The van der Waals surface area contributed by atoms with Gasteiger partial charge in [-0.2, -0.15) is 0 Å². The molecule has 0 aromatic carbocycles. The molecule has 0 aliphatic carbocycles. The van der Waals surface area contributed by atoms with Gasteiger partial charge in [0.1, 0.15) is 0 Å². The van der Waals surface area contributed by atoms with Gasteiger partial charge in [-0.05, 0) is 19.3 Å². The molecule has 0 bridgehead atoms. The first-order valence-corrected chi connectivity index (χ1v) is 5.92. The van der Waals surface area contributed by atoms with E-state index < -0.39 is 0 Å². The molecule has 0 aromatic rings. The van der Waals surface area contributed by atoms with E-state index in [2.05, 4.69) is 20.8 Å². The van der Waals surface area contributed by atoms with Crippen LogP contribution in [0, 0.1) is 5.92 Å². The third-order valence-corrected chi connectivity index (χ3v) is 2.47. The monoisotopic (exact) mass is 200 g/mol. The number of hydrogen-bond donors (Lipinski definition) is 0. The van der Waals surface area contributed by atoms with Crippen molar-refractivity contribution >= 4 is 5.97 Å². The second-order valence-electron chi connectivity index (χ2n) is 3.77. The third kappa shape index (κ3) is 6.01. The number of unbranched alkanes of at least 4 members (excludes halogenated alkanes) is 2. The molecule has 0 rings (SSSR count). The quantitative estimate of drug-likeness (QED) is 0.442. The van der Waals surface area contributed by atoms with Crippen LogP contribution in [-0.2, 0) is 9.53 Å². The topological polar surface area (TPSA) is 26.3 Å². The largest absolute Gasteiger partial charge is 0.465 e. The fraction of sp³-hybridized carbons (Fsp3) is 0.917. The maximum absolute atomic E-state index is 11.5. The molecule has 0 fully saturated rings. The first-order chi connectivity index (χ1) is 6.76. The standard InChI is InChI=1S/C12H24O2/c1-4-7-9-11(6-3)12(13)14-10-8-5-2/h11H,4-10H2,1-3H3/t11-/m0/s1. The van der Waals surface area contributed by atoms with Crippen LogP contribution in [0.15, 0.2) is 0 Å². The Kier molecular flexibility index (Phi) is 8.70. The summed E-state index contributed by atoms with van der Waals surface area (Å²) in [4.78, 5) is 11.5. The fourth-order valence-electron chi connectivity index (χ4n) is 1.37. The third-order valence-electron chi connectivity index (χ3n) is 2.47. The maximum atomic E-state index is 11.5. The van der Waals surface area contributed by atoms with Crippen molar-refractivity contribution < 1.29 is 9.53 Å². The summed E-state index contributed by atoms with van der Waals surface area (Å²) in [7, 11) is 0. The van der Waals surface area contributed by atoms with E-state index in [0.29, 0.717) is 6.61 Å². The zero-order valence-corrected chi connectivity index (χ0v) is 9.84. The minimum Gasteiger partial charge on any atom is -0.465 e. The highest BCUT2D eigenvalue weighted by atomic mass is 16.5. The molecular weight excluding hydrogens is 176 g/mol. The van der Waals surface area contributed by atoms with E-state index in [0.717, 1.165) is 38.5 Å². The maximum Gasteiger partial charge on any atom is 0.308 e. The lowest BCUT2D eigenvalue weighted by atomic mass is 10.00. The molecule has 0 radical (unpaired) electrons. The molecule has 84 valence electrons. The van der Waals surface area contributed by atoms with Crippen molar-refractivity contribution in [3.8, 4) is 0 Å². The van der Waals surface area contributed by atoms with Gasteiger partial charge in [0.05, 0.1) is 12.5 Å². The molecule has 0 aliphatic rings. The highest BCUT2D eigenvalue weighted by Crippen LogP contribution is 2.14. The minimum absolute atomic E-state index is 0.00870. The van der Waals surface area contributed by atoms with Crippen LogP contribution in [0.3, 0.4) is 0 Å². The van der Waals surface area contributed by atoms with Crippen molar-refractivity contribution in [2.45, 2.75) is 59.3 Å². The van der Waals surface area contributed by atoms with Gasteiger partial charge in [0.2, 0.25) is 0 Å². The minimum atomic E-state index is 0.00870. The molecule has 2 heteroatoms. The van der Waals surface area contributed by atoms with E-state index in [4.69, 9.17) is 4.74 Å². The molecule has 0 unspecified atom stereocenters. The highest BCUT2D eigenvalue weighted by Gasteiger charge is 2.16. The average molecular weight is 200 g/mol. The van der Waals surface area contributed by atoms with Crippen LogP contribution in [0.2, 0.25) is 0 Å². The predicted molar refractivity (Wildman–Crippen MR) is 59.2 cm³/mol. The van der Waals surface area contributed by atoms with Gasteiger partial charge < -0.3 is 4.74 Å². The van der Waals surface area contributed by atoms with Gasteiger partial charge in [0.25, 0.3) is 0 Å². The van der Waals surface area contributed by atoms with Gasteiger partial charge in [0.15, 0.2) is 0 Å². The molecule has 0 saturated carbocycles. The van der Waals surface area contributed by atoms with E-state index in [1.807, 2.05) is 0 Å². The molecule has 0 aromatic heterocycles. The molecule has 2 nitrogen and oxygen atoms in total. The number of rotatable bonds is 8. The van der Waals surface area contributed by atoms with Gasteiger partial charge >= 0.3 is 5.97 Å². The van der Waals surface area contributed by atoms with E-state index in [1.165, 1.54) is 0 Å². The van der Waals surface area contributed by atoms with Crippen LogP contribution in [0.25, 0.3) is 0 Å². The molecule has 0 spiro atoms.